The molecule has 124 valence electrons. The van der Waals surface area contributed by atoms with E-state index in [9.17, 15) is 9.59 Å². The van der Waals surface area contributed by atoms with Gasteiger partial charge in [-0.25, -0.2) is 4.79 Å². The van der Waals surface area contributed by atoms with Gasteiger partial charge in [-0.1, -0.05) is 43.5 Å². The molecular weight excluding hydrogens is 314 g/mol. The number of halogens is 1. The molecule has 1 aliphatic carbocycles. The summed E-state index contributed by atoms with van der Waals surface area (Å²) in [6, 6.07) is 6.75. The van der Waals surface area contributed by atoms with Crippen molar-refractivity contribution in [3.8, 4) is 5.75 Å². The second kappa shape index (κ2) is 8.16. The summed E-state index contributed by atoms with van der Waals surface area (Å²) in [7, 11) is 0. The lowest BCUT2D eigenvalue weighted by Crippen LogP contribution is -2.40. The van der Waals surface area contributed by atoms with Crippen LogP contribution >= 0.6 is 11.6 Å². The van der Waals surface area contributed by atoms with Gasteiger partial charge >= 0.3 is 5.97 Å². The van der Waals surface area contributed by atoms with Crippen LogP contribution < -0.4 is 10.1 Å². The standard InChI is InChI=1S/C18H22ClNO3/c1-12(17(21)20-15-8-4-3-5-9-15)13(2)18(22)23-16-10-6-7-14(19)11-16/h6-7,10-12,15H,2-5,8-9H2,1H3,(H,20,21). The van der Waals surface area contributed by atoms with E-state index in [1.54, 1.807) is 31.2 Å². The molecule has 5 heteroatoms. The Morgan fingerprint density at radius 3 is 2.65 bits per heavy atom. The molecule has 0 spiro atoms. The van der Waals surface area contributed by atoms with E-state index in [1.165, 1.54) is 6.42 Å². The predicted octanol–water partition coefficient (Wildman–Crippen LogP) is 3.89. The Bertz CT molecular complexity index is 594. The summed E-state index contributed by atoms with van der Waals surface area (Å²) in [4.78, 5) is 24.4. The van der Waals surface area contributed by atoms with Crippen LogP contribution in [0.5, 0.6) is 5.75 Å². The van der Waals surface area contributed by atoms with E-state index < -0.39 is 11.9 Å². The minimum Gasteiger partial charge on any atom is -0.423 e. The molecule has 0 heterocycles. The monoisotopic (exact) mass is 335 g/mol. The molecule has 23 heavy (non-hydrogen) atoms. The first-order valence-electron chi connectivity index (χ1n) is 7.94. The number of hydrogen-bond donors (Lipinski definition) is 1. The number of rotatable bonds is 5. The van der Waals surface area contributed by atoms with Crippen molar-refractivity contribution >= 4 is 23.5 Å². The van der Waals surface area contributed by atoms with Crippen molar-refractivity contribution in [2.75, 3.05) is 0 Å². The fourth-order valence-corrected chi connectivity index (χ4v) is 2.79. The molecule has 1 N–H and O–H groups in total. The Morgan fingerprint density at radius 2 is 2.00 bits per heavy atom. The fraction of sp³-hybridized carbons (Fsp3) is 0.444. The van der Waals surface area contributed by atoms with Gasteiger partial charge in [0.1, 0.15) is 5.75 Å². The Balaban J connectivity index is 1.89. The lowest BCUT2D eigenvalue weighted by atomic mass is 9.94. The Kier molecular flexibility index (Phi) is 6.22. The maximum Gasteiger partial charge on any atom is 0.339 e. The normalized spacial score (nSPS) is 16.4. The number of nitrogens with one attached hydrogen (secondary N) is 1. The number of benzene rings is 1. The van der Waals surface area contributed by atoms with E-state index in [4.69, 9.17) is 16.3 Å². The van der Waals surface area contributed by atoms with Gasteiger partial charge in [0.25, 0.3) is 0 Å². The Hall–Kier alpha value is -1.81. The summed E-state index contributed by atoms with van der Waals surface area (Å²) in [6.45, 7) is 5.39. The van der Waals surface area contributed by atoms with Crippen LogP contribution in [0.25, 0.3) is 0 Å². The highest BCUT2D eigenvalue weighted by molar-refractivity contribution is 6.30. The minimum absolute atomic E-state index is 0.137. The van der Waals surface area contributed by atoms with Crippen molar-refractivity contribution in [1.82, 2.24) is 5.32 Å². The smallest absolute Gasteiger partial charge is 0.339 e. The molecule has 1 aromatic carbocycles. The molecule has 1 fully saturated rings. The average Bonchev–Trinajstić information content (AvgIpc) is 2.54. The average molecular weight is 336 g/mol. The van der Waals surface area contributed by atoms with Gasteiger partial charge in [-0.05, 0) is 38.0 Å². The third-order valence-corrected chi connectivity index (χ3v) is 4.37. The Morgan fingerprint density at radius 1 is 1.30 bits per heavy atom. The first kappa shape index (κ1) is 17.5. The highest BCUT2D eigenvalue weighted by atomic mass is 35.5. The molecule has 0 bridgehead atoms. The summed E-state index contributed by atoms with van der Waals surface area (Å²) in [5, 5.41) is 3.47. The number of esters is 1. The van der Waals surface area contributed by atoms with E-state index >= 15 is 0 Å². The summed E-state index contributed by atoms with van der Waals surface area (Å²) < 4.78 is 5.22. The third kappa shape index (κ3) is 5.10. The van der Waals surface area contributed by atoms with Gasteiger partial charge in [-0.2, -0.15) is 0 Å². The zero-order chi connectivity index (χ0) is 16.8. The molecule has 2 rings (SSSR count). The van der Waals surface area contributed by atoms with Crippen LogP contribution in [-0.2, 0) is 9.59 Å². The first-order chi connectivity index (χ1) is 11.0. The van der Waals surface area contributed by atoms with Gasteiger partial charge in [0.05, 0.1) is 5.92 Å². The molecule has 1 aromatic rings. The third-order valence-electron chi connectivity index (χ3n) is 4.14. The molecule has 0 aliphatic heterocycles. The largest absolute Gasteiger partial charge is 0.423 e. The lowest BCUT2D eigenvalue weighted by Gasteiger charge is -2.24. The molecule has 1 aliphatic rings. The van der Waals surface area contributed by atoms with Crippen LogP contribution in [-0.4, -0.2) is 17.9 Å². The molecule has 0 saturated heterocycles. The first-order valence-corrected chi connectivity index (χ1v) is 8.32. The zero-order valence-electron chi connectivity index (χ0n) is 13.3. The van der Waals surface area contributed by atoms with Crippen LogP contribution in [0, 0.1) is 5.92 Å². The van der Waals surface area contributed by atoms with Gasteiger partial charge < -0.3 is 10.1 Å². The van der Waals surface area contributed by atoms with Crippen molar-refractivity contribution in [3.05, 3.63) is 41.4 Å². The van der Waals surface area contributed by atoms with Gasteiger partial charge in [0.15, 0.2) is 0 Å². The number of ether oxygens (including phenoxy) is 1. The molecule has 4 nitrogen and oxygen atoms in total. The van der Waals surface area contributed by atoms with E-state index in [2.05, 4.69) is 11.9 Å². The summed E-state index contributed by atoms with van der Waals surface area (Å²) in [6.07, 6.45) is 5.49. The number of amides is 1. The van der Waals surface area contributed by atoms with Crippen molar-refractivity contribution in [1.29, 1.82) is 0 Å². The topological polar surface area (TPSA) is 55.4 Å². The van der Waals surface area contributed by atoms with E-state index in [-0.39, 0.29) is 17.5 Å². The van der Waals surface area contributed by atoms with Gasteiger partial charge in [-0.15, -0.1) is 0 Å². The maximum absolute atomic E-state index is 12.3. The number of hydrogen-bond acceptors (Lipinski definition) is 3. The van der Waals surface area contributed by atoms with Crippen LogP contribution in [0.4, 0.5) is 0 Å². The predicted molar refractivity (Wildman–Crippen MR) is 90.4 cm³/mol. The van der Waals surface area contributed by atoms with Gasteiger partial charge in [0.2, 0.25) is 5.91 Å². The van der Waals surface area contributed by atoms with Crippen LogP contribution in [0.1, 0.15) is 39.0 Å². The molecule has 1 saturated carbocycles. The molecule has 1 unspecified atom stereocenters. The summed E-state index contributed by atoms with van der Waals surface area (Å²) in [5.41, 5.74) is 0.137. The van der Waals surface area contributed by atoms with Gasteiger partial charge in [-0.3, -0.25) is 4.79 Å². The summed E-state index contributed by atoms with van der Waals surface area (Å²) >= 11 is 5.85. The SMILES string of the molecule is C=C(C(=O)Oc1cccc(Cl)c1)C(C)C(=O)NC1CCCCC1. The second-order valence-corrected chi connectivity index (χ2v) is 6.37. The van der Waals surface area contributed by atoms with Crippen LogP contribution in [0.15, 0.2) is 36.4 Å². The van der Waals surface area contributed by atoms with E-state index in [0.717, 1.165) is 25.7 Å². The molecule has 1 amide bonds. The maximum atomic E-state index is 12.3. The number of carbonyl (C=O) groups excluding carboxylic acids is 2. The molecule has 0 aromatic heterocycles. The van der Waals surface area contributed by atoms with E-state index in [0.29, 0.717) is 10.8 Å². The molecular formula is C18H22ClNO3. The molecule has 0 radical (unpaired) electrons. The minimum atomic E-state index is -0.622. The second-order valence-electron chi connectivity index (χ2n) is 5.94. The van der Waals surface area contributed by atoms with Crippen LogP contribution in [0.3, 0.4) is 0 Å². The van der Waals surface area contributed by atoms with E-state index in [1.807, 2.05) is 0 Å². The number of carbonyl (C=O) groups is 2. The highest BCUT2D eigenvalue weighted by Gasteiger charge is 2.25. The van der Waals surface area contributed by atoms with Crippen molar-refractivity contribution in [2.24, 2.45) is 5.92 Å². The Labute approximate surface area is 141 Å². The fourth-order valence-electron chi connectivity index (χ4n) is 2.61. The lowest BCUT2D eigenvalue weighted by molar-refractivity contribution is -0.133. The quantitative estimate of drug-likeness (QED) is 0.504. The highest BCUT2D eigenvalue weighted by Crippen LogP contribution is 2.21. The van der Waals surface area contributed by atoms with Crippen molar-refractivity contribution in [2.45, 2.75) is 45.1 Å². The van der Waals surface area contributed by atoms with Gasteiger partial charge in [0, 0.05) is 16.6 Å². The summed E-state index contributed by atoms with van der Waals surface area (Å²) in [5.74, 6) is -1.07. The van der Waals surface area contributed by atoms with Crippen molar-refractivity contribution < 1.29 is 14.3 Å². The van der Waals surface area contributed by atoms with Crippen LogP contribution in [0.2, 0.25) is 5.02 Å². The molecule has 1 atom stereocenters. The van der Waals surface area contributed by atoms with Crippen molar-refractivity contribution in [3.63, 3.8) is 0 Å². The zero-order valence-corrected chi connectivity index (χ0v) is 14.1.